The Hall–Kier alpha value is -0.580. The van der Waals surface area contributed by atoms with Crippen LogP contribution in [0.2, 0.25) is 0 Å². The molecule has 2 aromatic heterocycles. The highest BCUT2D eigenvalue weighted by Gasteiger charge is 2.13. The number of hydrogen-bond donors (Lipinski definition) is 0. The minimum Gasteiger partial charge on any atom is -0.302 e. The second kappa shape index (κ2) is 6.25. The number of hydrogen-bond acceptors (Lipinski definition) is 1. The maximum Gasteiger partial charge on any atom is 0.0994 e. The molecule has 0 aromatic carbocycles. The molecular formula is C16H21IN2. The molecule has 2 heterocycles. The number of fused-ring (bicyclic) bond motifs is 1. The number of halogens is 1. The third-order valence-corrected chi connectivity index (χ3v) is 5.37. The molecule has 1 fully saturated rings. The first-order valence-electron chi connectivity index (χ1n) is 7.44. The van der Waals surface area contributed by atoms with Crippen molar-refractivity contribution in [3.05, 3.63) is 33.9 Å². The van der Waals surface area contributed by atoms with Gasteiger partial charge in [0.2, 0.25) is 0 Å². The molecule has 19 heavy (non-hydrogen) atoms. The van der Waals surface area contributed by atoms with Gasteiger partial charge in [0.25, 0.3) is 0 Å². The Morgan fingerprint density at radius 2 is 2.05 bits per heavy atom. The largest absolute Gasteiger partial charge is 0.302 e. The first-order chi connectivity index (χ1) is 9.34. The Morgan fingerprint density at radius 1 is 1.21 bits per heavy atom. The fourth-order valence-electron chi connectivity index (χ4n) is 3.30. The highest BCUT2D eigenvalue weighted by atomic mass is 127. The van der Waals surface area contributed by atoms with Crippen LogP contribution < -0.4 is 0 Å². The summed E-state index contributed by atoms with van der Waals surface area (Å²) in [7, 11) is 0. The second-order valence-corrected chi connectivity index (χ2v) is 6.87. The molecule has 0 atom stereocenters. The first-order valence-corrected chi connectivity index (χ1v) is 8.52. The molecule has 3 rings (SSSR count). The van der Waals surface area contributed by atoms with Gasteiger partial charge in [-0.2, -0.15) is 0 Å². The van der Waals surface area contributed by atoms with Gasteiger partial charge in [-0.15, -0.1) is 0 Å². The Labute approximate surface area is 128 Å². The van der Waals surface area contributed by atoms with Crippen LogP contribution in [-0.4, -0.2) is 9.38 Å². The van der Waals surface area contributed by atoms with E-state index >= 15 is 0 Å². The number of pyridine rings is 1. The van der Waals surface area contributed by atoms with Gasteiger partial charge in [0.15, 0.2) is 0 Å². The van der Waals surface area contributed by atoms with E-state index in [4.69, 9.17) is 0 Å². The smallest absolute Gasteiger partial charge is 0.0994 e. The summed E-state index contributed by atoms with van der Waals surface area (Å²) in [5, 5.41) is 0. The van der Waals surface area contributed by atoms with E-state index in [2.05, 4.69) is 44.1 Å². The molecule has 0 unspecified atom stereocenters. The Morgan fingerprint density at radius 3 is 2.89 bits per heavy atom. The SMILES string of the molecule is Ic1ccc2cncn2c1CCCC1CCCCC1. The van der Waals surface area contributed by atoms with Crippen molar-refractivity contribution in [3.8, 4) is 0 Å². The van der Waals surface area contributed by atoms with Crippen molar-refractivity contribution in [1.29, 1.82) is 0 Å². The van der Waals surface area contributed by atoms with Crippen LogP contribution in [-0.2, 0) is 6.42 Å². The molecule has 0 spiro atoms. The third kappa shape index (κ3) is 3.12. The van der Waals surface area contributed by atoms with Gasteiger partial charge in [-0.05, 0) is 53.5 Å². The summed E-state index contributed by atoms with van der Waals surface area (Å²) in [6, 6.07) is 4.37. The summed E-state index contributed by atoms with van der Waals surface area (Å²) in [4.78, 5) is 4.26. The van der Waals surface area contributed by atoms with Crippen LogP contribution in [0, 0.1) is 9.49 Å². The molecule has 0 aliphatic heterocycles. The normalized spacial score (nSPS) is 17.1. The van der Waals surface area contributed by atoms with E-state index in [-0.39, 0.29) is 0 Å². The summed E-state index contributed by atoms with van der Waals surface area (Å²) in [5.41, 5.74) is 2.65. The van der Waals surface area contributed by atoms with Gasteiger partial charge >= 0.3 is 0 Å². The topological polar surface area (TPSA) is 17.3 Å². The van der Waals surface area contributed by atoms with Gasteiger partial charge in [0.1, 0.15) is 0 Å². The number of aryl methyl sites for hydroxylation is 1. The first kappa shape index (κ1) is 13.4. The standard InChI is InChI=1S/C16H21IN2/c17-15-10-9-14-11-18-12-19(14)16(15)8-4-7-13-5-2-1-3-6-13/h9-13H,1-8H2. The lowest BCUT2D eigenvalue weighted by atomic mass is 9.85. The van der Waals surface area contributed by atoms with Crippen LogP contribution in [0.5, 0.6) is 0 Å². The molecule has 2 nitrogen and oxygen atoms in total. The van der Waals surface area contributed by atoms with Crippen molar-refractivity contribution in [3.63, 3.8) is 0 Å². The van der Waals surface area contributed by atoms with Gasteiger partial charge in [-0.25, -0.2) is 4.98 Å². The van der Waals surface area contributed by atoms with Crippen LogP contribution in [0.1, 0.15) is 50.6 Å². The zero-order chi connectivity index (χ0) is 13.1. The van der Waals surface area contributed by atoms with E-state index in [1.165, 1.54) is 66.1 Å². The molecule has 1 saturated carbocycles. The van der Waals surface area contributed by atoms with Gasteiger partial charge in [-0.1, -0.05) is 38.5 Å². The summed E-state index contributed by atoms with van der Waals surface area (Å²) < 4.78 is 3.62. The van der Waals surface area contributed by atoms with Crippen molar-refractivity contribution < 1.29 is 0 Å². The summed E-state index contributed by atoms with van der Waals surface area (Å²) in [6.45, 7) is 0. The lowest BCUT2D eigenvalue weighted by Gasteiger charge is -2.21. The van der Waals surface area contributed by atoms with E-state index in [0.717, 1.165) is 5.92 Å². The van der Waals surface area contributed by atoms with E-state index in [9.17, 15) is 0 Å². The highest BCUT2D eigenvalue weighted by Crippen LogP contribution is 2.28. The number of imidazole rings is 1. The Balaban J connectivity index is 1.64. The summed E-state index contributed by atoms with van der Waals surface area (Å²) in [5.74, 6) is 0.994. The maximum atomic E-state index is 4.26. The lowest BCUT2D eigenvalue weighted by Crippen LogP contribution is -2.07. The number of nitrogens with zero attached hydrogens (tertiary/aromatic N) is 2. The number of rotatable bonds is 4. The Bertz CT molecular complexity index is 541. The molecule has 0 bridgehead atoms. The minimum atomic E-state index is 0.994. The molecule has 0 radical (unpaired) electrons. The molecule has 0 N–H and O–H groups in total. The fraction of sp³-hybridized carbons (Fsp3) is 0.562. The molecule has 3 heteroatoms. The number of aromatic nitrogens is 2. The molecule has 1 aliphatic carbocycles. The van der Waals surface area contributed by atoms with Crippen LogP contribution in [0.25, 0.3) is 5.52 Å². The molecular weight excluding hydrogens is 347 g/mol. The van der Waals surface area contributed by atoms with Crippen LogP contribution in [0.4, 0.5) is 0 Å². The maximum absolute atomic E-state index is 4.26. The summed E-state index contributed by atoms with van der Waals surface area (Å²) in [6.07, 6.45) is 15.1. The zero-order valence-electron chi connectivity index (χ0n) is 11.3. The van der Waals surface area contributed by atoms with Crippen molar-refractivity contribution in [2.75, 3.05) is 0 Å². The van der Waals surface area contributed by atoms with Crippen molar-refractivity contribution in [1.82, 2.24) is 9.38 Å². The predicted molar refractivity (Wildman–Crippen MR) is 87.4 cm³/mol. The Kier molecular flexibility index (Phi) is 4.41. The summed E-state index contributed by atoms with van der Waals surface area (Å²) >= 11 is 2.45. The van der Waals surface area contributed by atoms with E-state index in [1.54, 1.807) is 0 Å². The lowest BCUT2D eigenvalue weighted by molar-refractivity contribution is 0.332. The van der Waals surface area contributed by atoms with Gasteiger partial charge in [0.05, 0.1) is 18.0 Å². The van der Waals surface area contributed by atoms with E-state index < -0.39 is 0 Å². The average molecular weight is 368 g/mol. The highest BCUT2D eigenvalue weighted by molar-refractivity contribution is 14.1. The zero-order valence-corrected chi connectivity index (χ0v) is 13.5. The van der Waals surface area contributed by atoms with Crippen LogP contribution in [0.3, 0.4) is 0 Å². The van der Waals surface area contributed by atoms with E-state index in [1.807, 2.05) is 12.5 Å². The van der Waals surface area contributed by atoms with Gasteiger partial charge < -0.3 is 4.40 Å². The monoisotopic (exact) mass is 368 g/mol. The minimum absolute atomic E-state index is 0.994. The molecule has 2 aromatic rings. The third-order valence-electron chi connectivity index (χ3n) is 4.38. The van der Waals surface area contributed by atoms with Crippen LogP contribution in [0.15, 0.2) is 24.7 Å². The quantitative estimate of drug-likeness (QED) is 0.706. The fourth-order valence-corrected chi connectivity index (χ4v) is 4.01. The van der Waals surface area contributed by atoms with Crippen molar-refractivity contribution in [2.45, 2.75) is 51.4 Å². The second-order valence-electron chi connectivity index (χ2n) is 5.71. The van der Waals surface area contributed by atoms with Crippen LogP contribution >= 0.6 is 22.6 Å². The van der Waals surface area contributed by atoms with Crippen molar-refractivity contribution >= 4 is 28.1 Å². The average Bonchev–Trinajstić information content (AvgIpc) is 2.91. The predicted octanol–water partition coefficient (Wildman–Crippen LogP) is 4.84. The van der Waals surface area contributed by atoms with Gasteiger partial charge in [0, 0.05) is 9.26 Å². The van der Waals surface area contributed by atoms with Crippen molar-refractivity contribution in [2.24, 2.45) is 5.92 Å². The molecule has 0 amide bonds. The van der Waals surface area contributed by atoms with E-state index in [0.29, 0.717) is 0 Å². The molecule has 1 aliphatic rings. The van der Waals surface area contributed by atoms with Gasteiger partial charge in [-0.3, -0.25) is 0 Å². The molecule has 0 saturated heterocycles. The molecule has 102 valence electrons.